The van der Waals surface area contributed by atoms with Gasteiger partial charge in [0.1, 0.15) is 0 Å². The van der Waals surface area contributed by atoms with E-state index in [0.717, 1.165) is 5.56 Å². The average molecular weight is 387 g/mol. The van der Waals surface area contributed by atoms with Crippen LogP contribution in [0, 0.1) is 6.92 Å². The zero-order valence-electron chi connectivity index (χ0n) is 11.3. The summed E-state index contributed by atoms with van der Waals surface area (Å²) in [5.41, 5.74) is 0.893. The fourth-order valence-corrected chi connectivity index (χ4v) is 6.60. The van der Waals surface area contributed by atoms with Gasteiger partial charge in [0.15, 0.2) is 0 Å². The summed E-state index contributed by atoms with van der Waals surface area (Å²) in [7, 11) is -3.81. The van der Waals surface area contributed by atoms with Crippen LogP contribution < -0.4 is 0 Å². The standard InChI is InChI=1S/C13H15F3O3SSe/c1-9-4-6-10(7-5-9)20(17,18)11-3-2-8-19-12(11)21-13(14,15)16/h4-7,11-12H,2-3,8H2,1H3/t11-,12+/m1/s1. The van der Waals surface area contributed by atoms with Crippen LogP contribution in [0.25, 0.3) is 0 Å². The van der Waals surface area contributed by atoms with E-state index >= 15 is 0 Å². The van der Waals surface area contributed by atoms with Crippen molar-refractivity contribution in [1.29, 1.82) is 0 Å². The zero-order valence-corrected chi connectivity index (χ0v) is 13.8. The van der Waals surface area contributed by atoms with Crippen LogP contribution in [0.3, 0.4) is 0 Å². The van der Waals surface area contributed by atoms with Gasteiger partial charge in [-0.2, -0.15) is 0 Å². The van der Waals surface area contributed by atoms with Crippen molar-refractivity contribution < 1.29 is 26.3 Å². The molecule has 118 valence electrons. The van der Waals surface area contributed by atoms with Gasteiger partial charge < -0.3 is 0 Å². The number of hydrogen-bond acceptors (Lipinski definition) is 3. The van der Waals surface area contributed by atoms with Gasteiger partial charge in [0.05, 0.1) is 0 Å². The molecule has 0 saturated carbocycles. The molecule has 21 heavy (non-hydrogen) atoms. The van der Waals surface area contributed by atoms with Crippen molar-refractivity contribution in [2.45, 2.75) is 40.0 Å². The molecule has 1 fully saturated rings. The summed E-state index contributed by atoms with van der Waals surface area (Å²) < 4.78 is 68.1. The van der Waals surface area contributed by atoms with Gasteiger partial charge in [-0.05, 0) is 0 Å². The van der Waals surface area contributed by atoms with Gasteiger partial charge in [-0.25, -0.2) is 0 Å². The Kier molecular flexibility index (Phi) is 5.03. The summed E-state index contributed by atoms with van der Waals surface area (Å²) in [6, 6.07) is 6.16. The maximum absolute atomic E-state index is 12.6. The van der Waals surface area contributed by atoms with E-state index in [0.29, 0.717) is 6.42 Å². The second kappa shape index (κ2) is 6.28. The molecule has 0 N–H and O–H groups in total. The van der Waals surface area contributed by atoms with Gasteiger partial charge in [-0.15, -0.1) is 0 Å². The number of benzene rings is 1. The van der Waals surface area contributed by atoms with E-state index < -0.39 is 40.1 Å². The third kappa shape index (κ3) is 4.22. The molecule has 0 aromatic heterocycles. The summed E-state index contributed by atoms with van der Waals surface area (Å²) in [6.45, 7) is 2.00. The Morgan fingerprint density at radius 2 is 1.86 bits per heavy atom. The first-order valence-corrected chi connectivity index (χ1v) is 9.76. The number of sulfone groups is 1. The van der Waals surface area contributed by atoms with E-state index in [2.05, 4.69) is 0 Å². The van der Waals surface area contributed by atoms with Gasteiger partial charge in [0.2, 0.25) is 0 Å². The average Bonchev–Trinajstić information content (AvgIpc) is 2.37. The van der Waals surface area contributed by atoms with E-state index in [1.165, 1.54) is 12.1 Å². The maximum atomic E-state index is 12.6. The van der Waals surface area contributed by atoms with Crippen molar-refractivity contribution in [3.8, 4) is 0 Å². The Bertz CT molecular complexity index is 584. The molecule has 1 heterocycles. The van der Waals surface area contributed by atoms with Crippen molar-refractivity contribution >= 4 is 24.8 Å². The number of alkyl halides is 3. The van der Waals surface area contributed by atoms with Crippen LogP contribution in [0.1, 0.15) is 18.4 Å². The summed E-state index contributed by atoms with van der Waals surface area (Å²) in [4.78, 5) is 0.0616. The Morgan fingerprint density at radius 1 is 1.24 bits per heavy atom. The molecule has 8 heteroatoms. The molecule has 0 unspecified atom stereocenters. The zero-order chi connectivity index (χ0) is 15.7. The van der Waals surface area contributed by atoms with Crippen LogP contribution >= 0.6 is 0 Å². The van der Waals surface area contributed by atoms with E-state index in [-0.39, 0.29) is 17.9 Å². The fraction of sp³-hybridized carbons (Fsp3) is 0.538. The molecule has 3 nitrogen and oxygen atoms in total. The molecular formula is C13H15F3O3SSe. The van der Waals surface area contributed by atoms with E-state index in [1.54, 1.807) is 12.1 Å². The second-order valence-electron chi connectivity index (χ2n) is 4.84. The number of ether oxygens (including phenoxy) is 1. The third-order valence-corrected chi connectivity index (χ3v) is 7.84. The summed E-state index contributed by atoms with van der Waals surface area (Å²) in [5, 5.41) is -6.76. The van der Waals surface area contributed by atoms with Crippen molar-refractivity contribution in [1.82, 2.24) is 0 Å². The molecule has 2 atom stereocenters. The minimum absolute atomic E-state index is 0.0616. The molecule has 0 bridgehead atoms. The minimum atomic E-state index is -4.38. The van der Waals surface area contributed by atoms with Crippen molar-refractivity contribution in [2.24, 2.45) is 0 Å². The summed E-state index contributed by atoms with van der Waals surface area (Å²) in [5.74, 6) is 0. The SMILES string of the molecule is Cc1ccc(S(=O)(=O)[C@@H]2CCCO[C@H]2[Se]C(F)(F)F)cc1. The van der Waals surface area contributed by atoms with Gasteiger partial charge in [0.25, 0.3) is 0 Å². The van der Waals surface area contributed by atoms with Crippen molar-refractivity contribution in [2.75, 3.05) is 6.61 Å². The summed E-state index contributed by atoms with van der Waals surface area (Å²) >= 11 is -1.87. The van der Waals surface area contributed by atoms with Crippen LogP contribution in [-0.4, -0.2) is 45.3 Å². The first-order chi connectivity index (χ1) is 9.70. The molecule has 1 aliphatic heterocycles. The molecule has 1 aliphatic rings. The van der Waals surface area contributed by atoms with Gasteiger partial charge >= 0.3 is 128 Å². The Labute approximate surface area is 127 Å². The molecule has 1 aromatic rings. The van der Waals surface area contributed by atoms with Crippen molar-refractivity contribution in [3.63, 3.8) is 0 Å². The second-order valence-corrected chi connectivity index (χ2v) is 9.45. The normalized spacial score (nSPS) is 24.0. The van der Waals surface area contributed by atoms with Crippen LogP contribution in [0.5, 0.6) is 0 Å². The fourth-order valence-electron chi connectivity index (χ4n) is 2.17. The van der Waals surface area contributed by atoms with Crippen LogP contribution in [0.2, 0.25) is 0 Å². The Balaban J connectivity index is 2.29. The van der Waals surface area contributed by atoms with E-state index in [1.807, 2.05) is 6.92 Å². The molecule has 2 rings (SSSR count). The van der Waals surface area contributed by atoms with Crippen LogP contribution in [0.4, 0.5) is 13.2 Å². The number of aryl methyl sites for hydroxylation is 1. The van der Waals surface area contributed by atoms with Crippen molar-refractivity contribution in [3.05, 3.63) is 29.8 Å². The molecule has 0 aliphatic carbocycles. The number of halogens is 3. The molecule has 1 saturated heterocycles. The first kappa shape index (κ1) is 16.8. The predicted molar refractivity (Wildman–Crippen MR) is 72.9 cm³/mol. The third-order valence-electron chi connectivity index (χ3n) is 3.22. The molecule has 0 radical (unpaired) electrons. The molecule has 0 spiro atoms. The number of hydrogen-bond donors (Lipinski definition) is 0. The molecule has 1 aromatic carbocycles. The van der Waals surface area contributed by atoms with Gasteiger partial charge in [-0.1, -0.05) is 0 Å². The molecular weight excluding hydrogens is 372 g/mol. The Morgan fingerprint density at radius 3 is 2.43 bits per heavy atom. The van der Waals surface area contributed by atoms with Crippen LogP contribution in [-0.2, 0) is 14.6 Å². The first-order valence-electron chi connectivity index (χ1n) is 6.37. The predicted octanol–water partition coefficient (Wildman–Crippen LogP) is 2.50. The van der Waals surface area contributed by atoms with E-state index in [4.69, 9.17) is 4.74 Å². The summed E-state index contributed by atoms with van der Waals surface area (Å²) in [6.07, 6.45) is 0.666. The van der Waals surface area contributed by atoms with Crippen LogP contribution in [0.15, 0.2) is 29.2 Å². The topological polar surface area (TPSA) is 43.4 Å². The van der Waals surface area contributed by atoms with Gasteiger partial charge in [0, 0.05) is 0 Å². The monoisotopic (exact) mass is 388 g/mol. The number of rotatable bonds is 3. The van der Waals surface area contributed by atoms with Gasteiger partial charge in [-0.3, -0.25) is 0 Å². The van der Waals surface area contributed by atoms with E-state index in [9.17, 15) is 21.6 Å². The quantitative estimate of drug-likeness (QED) is 0.749. The molecule has 0 amide bonds. The Hall–Kier alpha value is -0.561.